The zero-order chi connectivity index (χ0) is 8.39. The van der Waals surface area contributed by atoms with Crippen molar-refractivity contribution < 1.29 is 22.0 Å². The lowest BCUT2D eigenvalue weighted by Gasteiger charge is -2.20. The summed E-state index contributed by atoms with van der Waals surface area (Å²) in [6, 6.07) is 0. The molecule has 1 N–H and O–H groups in total. The second-order valence-electron chi connectivity index (χ2n) is 3.01. The maximum Gasteiger partial charge on any atom is 0.284 e. The average molecular weight is 221 g/mol. The minimum atomic E-state index is 0. The molecule has 0 spiro atoms. The summed E-state index contributed by atoms with van der Waals surface area (Å²) in [5.41, 5.74) is 1.13. The van der Waals surface area contributed by atoms with Crippen LogP contribution in [0.2, 0.25) is 0 Å². The number of aryl methyl sites for hydroxylation is 1. The normalized spacial score (nSPS) is 18.2. The van der Waals surface area contributed by atoms with E-state index in [2.05, 4.69) is 10.4 Å². The van der Waals surface area contributed by atoms with Crippen molar-refractivity contribution in [2.45, 2.75) is 6.92 Å². The molecule has 0 aromatic carbocycles. The molecular weight excluding hydrogens is 208 g/mol. The van der Waals surface area contributed by atoms with Crippen LogP contribution in [-0.4, -0.2) is 31.3 Å². The SMILES string of the molecule is Cc1csc([NH+]2CCOCC2)n1.[Cl-]. The number of rotatable bonds is 1. The van der Waals surface area contributed by atoms with Gasteiger partial charge in [-0.2, -0.15) is 4.98 Å². The molecule has 0 saturated carbocycles. The zero-order valence-corrected chi connectivity index (χ0v) is 9.12. The van der Waals surface area contributed by atoms with Gasteiger partial charge in [0.1, 0.15) is 13.1 Å². The van der Waals surface area contributed by atoms with Gasteiger partial charge in [-0.05, 0) is 6.92 Å². The maximum absolute atomic E-state index is 5.28. The summed E-state index contributed by atoms with van der Waals surface area (Å²) in [4.78, 5) is 5.93. The van der Waals surface area contributed by atoms with Crippen LogP contribution in [-0.2, 0) is 4.74 Å². The summed E-state index contributed by atoms with van der Waals surface area (Å²) in [5.74, 6) is 0. The molecule has 3 nitrogen and oxygen atoms in total. The molecule has 0 bridgehead atoms. The Kier molecular flexibility index (Phi) is 4.12. The molecule has 1 aliphatic heterocycles. The topological polar surface area (TPSA) is 26.6 Å². The second kappa shape index (κ2) is 4.91. The first-order valence-corrected chi connectivity index (χ1v) is 5.09. The molecule has 13 heavy (non-hydrogen) atoms. The Morgan fingerprint density at radius 2 is 2.15 bits per heavy atom. The predicted octanol–water partition coefficient (Wildman–Crippen LogP) is -3.00. The van der Waals surface area contributed by atoms with Gasteiger partial charge >= 0.3 is 0 Å². The van der Waals surface area contributed by atoms with Gasteiger partial charge in [-0.15, -0.1) is 0 Å². The van der Waals surface area contributed by atoms with Crippen LogP contribution in [0.3, 0.4) is 0 Å². The molecular formula is C8H13ClN2OS. The average Bonchev–Trinajstić information content (AvgIpc) is 2.54. The van der Waals surface area contributed by atoms with Gasteiger partial charge in [0.2, 0.25) is 0 Å². The van der Waals surface area contributed by atoms with Crippen LogP contribution in [0.15, 0.2) is 5.38 Å². The molecule has 0 amide bonds. The Balaban J connectivity index is 0.000000845. The minimum absolute atomic E-state index is 0. The van der Waals surface area contributed by atoms with Crippen LogP contribution in [0.25, 0.3) is 0 Å². The van der Waals surface area contributed by atoms with Crippen molar-refractivity contribution in [3.05, 3.63) is 11.1 Å². The minimum Gasteiger partial charge on any atom is -1.00 e. The molecule has 1 aromatic heterocycles. The highest BCUT2D eigenvalue weighted by atomic mass is 35.5. The molecule has 2 heterocycles. The molecule has 1 aromatic rings. The van der Waals surface area contributed by atoms with Gasteiger partial charge < -0.3 is 17.1 Å². The Morgan fingerprint density at radius 3 is 2.69 bits per heavy atom. The lowest BCUT2D eigenvalue weighted by Crippen LogP contribution is -3.09. The summed E-state index contributed by atoms with van der Waals surface area (Å²) in [6.07, 6.45) is 0. The molecule has 0 aliphatic carbocycles. The number of halogens is 1. The van der Waals surface area contributed by atoms with E-state index in [1.54, 1.807) is 11.3 Å². The Hall–Kier alpha value is -0.160. The van der Waals surface area contributed by atoms with Crippen LogP contribution in [0.1, 0.15) is 5.69 Å². The number of hydrogen-bond donors (Lipinski definition) is 1. The third-order valence-electron chi connectivity index (χ3n) is 2.02. The second-order valence-corrected chi connectivity index (χ2v) is 3.87. The van der Waals surface area contributed by atoms with E-state index in [1.807, 2.05) is 6.92 Å². The van der Waals surface area contributed by atoms with E-state index in [-0.39, 0.29) is 12.4 Å². The summed E-state index contributed by atoms with van der Waals surface area (Å²) in [5, 5.41) is 3.33. The van der Waals surface area contributed by atoms with E-state index in [9.17, 15) is 0 Å². The summed E-state index contributed by atoms with van der Waals surface area (Å²) >= 11 is 1.75. The fourth-order valence-corrected chi connectivity index (χ4v) is 2.25. The first-order chi connectivity index (χ1) is 5.86. The van der Waals surface area contributed by atoms with Gasteiger partial charge in [-0.3, -0.25) is 4.90 Å². The van der Waals surface area contributed by atoms with Gasteiger partial charge in [-0.1, -0.05) is 11.3 Å². The molecule has 1 saturated heterocycles. The third kappa shape index (κ3) is 2.64. The molecule has 1 aliphatic rings. The van der Waals surface area contributed by atoms with E-state index in [4.69, 9.17) is 4.74 Å². The maximum atomic E-state index is 5.28. The van der Waals surface area contributed by atoms with Crippen molar-refractivity contribution in [2.24, 2.45) is 0 Å². The highest BCUT2D eigenvalue weighted by Crippen LogP contribution is 2.09. The lowest BCUT2D eigenvalue weighted by molar-refractivity contribution is -0.842. The third-order valence-corrected chi connectivity index (χ3v) is 3.08. The highest BCUT2D eigenvalue weighted by Gasteiger charge is 2.18. The number of quaternary nitrogens is 1. The van der Waals surface area contributed by atoms with Crippen molar-refractivity contribution in [3.63, 3.8) is 0 Å². The Labute approximate surface area is 88.1 Å². The number of morpholine rings is 1. The van der Waals surface area contributed by atoms with Crippen LogP contribution >= 0.6 is 11.3 Å². The number of hydrogen-bond acceptors (Lipinski definition) is 3. The standard InChI is InChI=1S/C8H12N2OS.ClH/c1-7-6-12-8(9-7)10-2-4-11-5-3-10;/h6H,2-5H2,1H3;1H. The van der Waals surface area contributed by atoms with E-state index >= 15 is 0 Å². The van der Waals surface area contributed by atoms with Crippen molar-refractivity contribution in [1.82, 2.24) is 4.98 Å². The van der Waals surface area contributed by atoms with E-state index < -0.39 is 0 Å². The van der Waals surface area contributed by atoms with Gasteiger partial charge in [-0.25, -0.2) is 0 Å². The molecule has 0 radical (unpaired) electrons. The van der Waals surface area contributed by atoms with Gasteiger partial charge in [0.05, 0.1) is 18.9 Å². The zero-order valence-electron chi connectivity index (χ0n) is 7.55. The van der Waals surface area contributed by atoms with Crippen LogP contribution in [0.5, 0.6) is 0 Å². The first-order valence-electron chi connectivity index (χ1n) is 4.21. The number of ether oxygens (including phenoxy) is 1. The number of nitrogens with zero attached hydrogens (tertiary/aromatic N) is 1. The molecule has 0 atom stereocenters. The summed E-state index contributed by atoms with van der Waals surface area (Å²) < 4.78 is 5.28. The first kappa shape index (κ1) is 10.9. The van der Waals surface area contributed by atoms with E-state index in [1.165, 1.54) is 10.0 Å². The number of thiazole rings is 1. The summed E-state index contributed by atoms with van der Waals surface area (Å²) in [6.45, 7) is 5.90. The van der Waals surface area contributed by atoms with E-state index in [0.29, 0.717) is 0 Å². The van der Waals surface area contributed by atoms with Gasteiger partial charge in [0.15, 0.2) is 0 Å². The monoisotopic (exact) mass is 220 g/mol. The van der Waals surface area contributed by atoms with Crippen molar-refractivity contribution >= 4 is 16.5 Å². The number of nitrogens with one attached hydrogen (secondary N) is 1. The fraction of sp³-hybridized carbons (Fsp3) is 0.625. The predicted molar refractivity (Wildman–Crippen MR) is 48.0 cm³/mol. The van der Waals surface area contributed by atoms with E-state index in [0.717, 1.165) is 32.0 Å². The Morgan fingerprint density at radius 1 is 1.46 bits per heavy atom. The molecule has 1 fully saturated rings. The number of aromatic nitrogens is 1. The lowest BCUT2D eigenvalue weighted by atomic mass is 10.5. The largest absolute Gasteiger partial charge is 1.00 e. The smallest absolute Gasteiger partial charge is 0.284 e. The molecule has 74 valence electrons. The molecule has 2 rings (SSSR count). The molecule has 0 unspecified atom stereocenters. The fourth-order valence-electron chi connectivity index (χ4n) is 1.35. The van der Waals surface area contributed by atoms with Crippen LogP contribution in [0, 0.1) is 6.92 Å². The van der Waals surface area contributed by atoms with Gasteiger partial charge in [0, 0.05) is 5.38 Å². The highest BCUT2D eigenvalue weighted by molar-refractivity contribution is 7.12. The van der Waals surface area contributed by atoms with Crippen molar-refractivity contribution in [2.75, 3.05) is 26.3 Å². The van der Waals surface area contributed by atoms with Gasteiger partial charge in [0.25, 0.3) is 5.13 Å². The van der Waals surface area contributed by atoms with Crippen molar-refractivity contribution in [1.29, 1.82) is 0 Å². The quantitative estimate of drug-likeness (QED) is 0.546. The van der Waals surface area contributed by atoms with Crippen molar-refractivity contribution in [3.8, 4) is 0 Å². The summed E-state index contributed by atoms with van der Waals surface area (Å²) in [7, 11) is 0. The van der Waals surface area contributed by atoms with Crippen LogP contribution < -0.4 is 17.3 Å². The molecule has 5 heteroatoms. The van der Waals surface area contributed by atoms with Crippen LogP contribution in [0.4, 0.5) is 5.13 Å². The Bertz CT molecular complexity index is 260.